The van der Waals surface area contributed by atoms with Crippen molar-refractivity contribution in [1.82, 2.24) is 20.1 Å². The summed E-state index contributed by atoms with van der Waals surface area (Å²) in [6.45, 7) is 9.21. The predicted octanol–water partition coefficient (Wildman–Crippen LogP) is 2.50. The maximum Gasteiger partial charge on any atom is 0.230 e. The van der Waals surface area contributed by atoms with Crippen LogP contribution >= 0.6 is 11.8 Å². The summed E-state index contributed by atoms with van der Waals surface area (Å²) in [5, 5.41) is 11.7. The number of aromatic nitrogens is 3. The highest BCUT2D eigenvalue weighted by Gasteiger charge is 2.11. The summed E-state index contributed by atoms with van der Waals surface area (Å²) >= 11 is 1.43. The molecule has 0 bridgehead atoms. The van der Waals surface area contributed by atoms with Crippen molar-refractivity contribution < 1.29 is 4.79 Å². The second kappa shape index (κ2) is 8.19. The lowest BCUT2D eigenvalue weighted by Crippen LogP contribution is -2.30. The number of amides is 1. The van der Waals surface area contributed by atoms with Gasteiger partial charge >= 0.3 is 0 Å². The Morgan fingerprint density at radius 3 is 2.68 bits per heavy atom. The van der Waals surface area contributed by atoms with Gasteiger partial charge in [0.1, 0.15) is 6.33 Å². The van der Waals surface area contributed by atoms with Crippen molar-refractivity contribution in [3.8, 4) is 0 Å². The quantitative estimate of drug-likeness (QED) is 0.745. The Kier molecular flexibility index (Phi) is 6.91. The van der Waals surface area contributed by atoms with Crippen molar-refractivity contribution >= 4 is 17.7 Å². The zero-order valence-corrected chi connectivity index (χ0v) is 13.0. The number of hydrogen-bond donors (Lipinski definition) is 1. The molecule has 0 atom stereocenters. The van der Waals surface area contributed by atoms with E-state index in [1.165, 1.54) is 11.8 Å². The molecule has 6 heteroatoms. The van der Waals surface area contributed by atoms with Crippen LogP contribution in [-0.4, -0.2) is 33.0 Å². The normalized spacial score (nSPS) is 11.3. The van der Waals surface area contributed by atoms with Gasteiger partial charge in [0.05, 0.1) is 5.75 Å². The topological polar surface area (TPSA) is 59.8 Å². The van der Waals surface area contributed by atoms with Crippen molar-refractivity contribution in [2.24, 2.45) is 5.92 Å². The minimum atomic E-state index is 0.0650. The molecular weight excluding hydrogens is 260 g/mol. The van der Waals surface area contributed by atoms with Crippen LogP contribution in [0, 0.1) is 5.92 Å². The van der Waals surface area contributed by atoms with Gasteiger partial charge in [0.25, 0.3) is 0 Å². The van der Waals surface area contributed by atoms with Gasteiger partial charge in [-0.15, -0.1) is 10.2 Å². The molecule has 0 radical (unpaired) electrons. The Morgan fingerprint density at radius 1 is 1.42 bits per heavy atom. The first-order valence-corrected chi connectivity index (χ1v) is 7.86. The molecule has 0 aliphatic carbocycles. The molecule has 0 fully saturated rings. The Labute approximate surface area is 119 Å². The summed E-state index contributed by atoms with van der Waals surface area (Å²) in [6, 6.07) is 0.310. The van der Waals surface area contributed by atoms with Crippen LogP contribution in [0.1, 0.15) is 46.6 Å². The van der Waals surface area contributed by atoms with Crippen LogP contribution in [0.5, 0.6) is 0 Å². The number of nitrogens with one attached hydrogen (secondary N) is 1. The van der Waals surface area contributed by atoms with E-state index in [0.717, 1.165) is 24.5 Å². The molecule has 1 heterocycles. The van der Waals surface area contributed by atoms with Crippen LogP contribution in [-0.2, 0) is 4.79 Å². The summed E-state index contributed by atoms with van der Waals surface area (Å²) in [5.41, 5.74) is 0. The Morgan fingerprint density at radius 2 is 2.11 bits per heavy atom. The largest absolute Gasteiger partial charge is 0.355 e. The van der Waals surface area contributed by atoms with Gasteiger partial charge in [-0.2, -0.15) is 0 Å². The fourth-order valence-electron chi connectivity index (χ4n) is 1.71. The lowest BCUT2D eigenvalue weighted by atomic mass is 10.0. The second-order valence-electron chi connectivity index (χ2n) is 4.89. The second-order valence-corrected chi connectivity index (χ2v) is 5.83. The third-order valence-corrected chi connectivity index (χ3v) is 4.13. The lowest BCUT2D eigenvalue weighted by Gasteiger charge is -2.13. The summed E-state index contributed by atoms with van der Waals surface area (Å²) in [7, 11) is 0. The number of hydrogen-bond acceptors (Lipinski definition) is 4. The molecule has 0 unspecified atom stereocenters. The average molecular weight is 284 g/mol. The monoisotopic (exact) mass is 284 g/mol. The number of nitrogens with zero attached hydrogens (tertiary/aromatic N) is 3. The molecule has 5 nitrogen and oxygen atoms in total. The van der Waals surface area contributed by atoms with Gasteiger partial charge in [-0.05, 0) is 19.8 Å². The lowest BCUT2D eigenvalue weighted by molar-refractivity contribution is -0.118. The maximum absolute atomic E-state index is 11.8. The molecule has 0 aliphatic heterocycles. The van der Waals surface area contributed by atoms with Gasteiger partial charge in [0.2, 0.25) is 5.91 Å². The highest BCUT2D eigenvalue weighted by molar-refractivity contribution is 7.99. The molecule has 0 spiro atoms. The standard InChI is InChI=1S/C13H24N4OS/c1-5-11(6-2)7-14-12(18)8-19-13-16-15-9-17(13)10(3)4/h9-11H,5-8H2,1-4H3,(H,14,18). The average Bonchev–Trinajstić information content (AvgIpc) is 2.86. The highest BCUT2D eigenvalue weighted by atomic mass is 32.2. The molecule has 0 aromatic carbocycles. The van der Waals surface area contributed by atoms with Crippen molar-refractivity contribution in [2.45, 2.75) is 51.7 Å². The fraction of sp³-hybridized carbons (Fsp3) is 0.769. The zero-order chi connectivity index (χ0) is 14.3. The molecule has 1 amide bonds. The molecule has 1 aromatic heterocycles. The predicted molar refractivity (Wildman–Crippen MR) is 78.2 cm³/mol. The van der Waals surface area contributed by atoms with Gasteiger partial charge < -0.3 is 9.88 Å². The summed E-state index contributed by atoms with van der Waals surface area (Å²) in [4.78, 5) is 11.8. The molecule has 1 N–H and O–H groups in total. The van der Waals surface area contributed by atoms with Gasteiger partial charge in [0.15, 0.2) is 5.16 Å². The smallest absolute Gasteiger partial charge is 0.230 e. The minimum Gasteiger partial charge on any atom is -0.355 e. The number of rotatable bonds is 8. The van der Waals surface area contributed by atoms with E-state index in [9.17, 15) is 4.79 Å². The van der Waals surface area contributed by atoms with Crippen LogP contribution in [0.4, 0.5) is 0 Å². The van der Waals surface area contributed by atoms with E-state index < -0.39 is 0 Å². The third kappa shape index (κ3) is 5.22. The maximum atomic E-state index is 11.8. The van der Waals surface area contributed by atoms with E-state index in [-0.39, 0.29) is 5.91 Å². The fourth-order valence-corrected chi connectivity index (χ4v) is 2.58. The summed E-state index contributed by atoms with van der Waals surface area (Å²) < 4.78 is 1.97. The molecule has 19 heavy (non-hydrogen) atoms. The molecule has 1 rings (SSSR count). The van der Waals surface area contributed by atoms with Crippen LogP contribution in [0.2, 0.25) is 0 Å². The Hall–Kier alpha value is -1.04. The van der Waals surface area contributed by atoms with E-state index in [1.54, 1.807) is 6.33 Å². The van der Waals surface area contributed by atoms with Crippen molar-refractivity contribution in [2.75, 3.05) is 12.3 Å². The highest BCUT2D eigenvalue weighted by Crippen LogP contribution is 2.18. The van der Waals surface area contributed by atoms with Gasteiger partial charge in [-0.1, -0.05) is 38.5 Å². The number of carbonyl (C=O) groups is 1. The molecular formula is C13H24N4OS. The van der Waals surface area contributed by atoms with Crippen LogP contribution in [0.15, 0.2) is 11.5 Å². The van der Waals surface area contributed by atoms with Crippen LogP contribution < -0.4 is 5.32 Å². The van der Waals surface area contributed by atoms with Crippen LogP contribution in [0.3, 0.4) is 0 Å². The summed E-state index contributed by atoms with van der Waals surface area (Å²) in [5.74, 6) is 1.04. The molecule has 108 valence electrons. The molecule has 0 saturated heterocycles. The van der Waals surface area contributed by atoms with Gasteiger partial charge in [-0.25, -0.2) is 0 Å². The van der Waals surface area contributed by atoms with Gasteiger partial charge in [0, 0.05) is 12.6 Å². The zero-order valence-electron chi connectivity index (χ0n) is 12.2. The van der Waals surface area contributed by atoms with E-state index in [0.29, 0.717) is 17.7 Å². The number of thioether (sulfide) groups is 1. The summed E-state index contributed by atoms with van der Waals surface area (Å²) in [6.07, 6.45) is 3.91. The van der Waals surface area contributed by atoms with Gasteiger partial charge in [-0.3, -0.25) is 4.79 Å². The van der Waals surface area contributed by atoms with E-state index in [4.69, 9.17) is 0 Å². The Balaban J connectivity index is 2.36. The first-order chi connectivity index (χ1) is 9.08. The molecule has 0 aliphatic rings. The van der Waals surface area contributed by atoms with E-state index in [1.807, 2.05) is 4.57 Å². The first kappa shape index (κ1) is 16.0. The minimum absolute atomic E-state index is 0.0650. The molecule has 0 saturated carbocycles. The van der Waals surface area contributed by atoms with E-state index in [2.05, 4.69) is 43.2 Å². The molecule has 1 aromatic rings. The van der Waals surface area contributed by atoms with Crippen molar-refractivity contribution in [3.05, 3.63) is 6.33 Å². The Bertz CT molecular complexity index is 388. The number of carbonyl (C=O) groups excluding carboxylic acids is 1. The van der Waals surface area contributed by atoms with Crippen LogP contribution in [0.25, 0.3) is 0 Å². The van der Waals surface area contributed by atoms with Crippen molar-refractivity contribution in [3.63, 3.8) is 0 Å². The SMILES string of the molecule is CCC(CC)CNC(=O)CSc1nncn1C(C)C. The van der Waals surface area contributed by atoms with E-state index >= 15 is 0 Å². The first-order valence-electron chi connectivity index (χ1n) is 6.87. The third-order valence-electron chi connectivity index (χ3n) is 3.17. The van der Waals surface area contributed by atoms with Crippen molar-refractivity contribution in [1.29, 1.82) is 0 Å².